The first-order chi connectivity index (χ1) is 15.8. The molecule has 2 aliphatic rings. The number of nitrogens with one attached hydrogen (secondary N) is 1. The second-order valence-corrected chi connectivity index (χ2v) is 8.40. The van der Waals surface area contributed by atoms with Gasteiger partial charge >= 0.3 is 6.18 Å². The molecule has 174 valence electrons. The number of aromatic nitrogens is 1. The molecule has 0 amide bonds. The highest BCUT2D eigenvalue weighted by Gasteiger charge is 2.45. The van der Waals surface area contributed by atoms with Crippen LogP contribution in [0.1, 0.15) is 24.1 Å². The van der Waals surface area contributed by atoms with E-state index in [0.717, 1.165) is 16.9 Å². The summed E-state index contributed by atoms with van der Waals surface area (Å²) in [6, 6.07) is 11.1. The summed E-state index contributed by atoms with van der Waals surface area (Å²) >= 11 is 0. The lowest BCUT2D eigenvalue weighted by molar-refractivity contribution is -0.202. The van der Waals surface area contributed by atoms with Crippen molar-refractivity contribution in [3.05, 3.63) is 76.1 Å². The van der Waals surface area contributed by atoms with Gasteiger partial charge in [-0.1, -0.05) is 18.2 Å². The second kappa shape index (κ2) is 7.98. The number of anilines is 1. The molecule has 6 nitrogen and oxygen atoms in total. The van der Waals surface area contributed by atoms with E-state index in [2.05, 4.69) is 5.32 Å². The zero-order valence-electron chi connectivity index (χ0n) is 17.9. The number of furan rings is 1. The fraction of sp³-hybridized carbons (Fsp3) is 0.375. The molecule has 0 saturated carbocycles. The third kappa shape index (κ3) is 3.60. The number of benzene rings is 1. The fourth-order valence-electron chi connectivity index (χ4n) is 4.93. The van der Waals surface area contributed by atoms with Crippen molar-refractivity contribution in [3.8, 4) is 0 Å². The summed E-state index contributed by atoms with van der Waals surface area (Å²) in [5.41, 5.74) is 2.21. The Bertz CT molecular complexity index is 1280. The standard InChI is InChI=1S/C24H23F3N2O4/c1-31-14-23(9-10-29-20(23)12-19-16(22(29)30)8-11-32-19)17-4-2-3-5-18(17)28-13-15-6-7-21(33-15)24(25,26)27/h2-6,8,11-12,21,28H,7,9-10,13-14H2,1H3. The molecule has 2 aromatic heterocycles. The van der Waals surface area contributed by atoms with Gasteiger partial charge in [-0.15, -0.1) is 0 Å². The van der Waals surface area contributed by atoms with E-state index < -0.39 is 17.7 Å². The van der Waals surface area contributed by atoms with Crippen molar-refractivity contribution in [3.63, 3.8) is 0 Å². The van der Waals surface area contributed by atoms with Gasteiger partial charge in [-0.05, 0) is 30.2 Å². The van der Waals surface area contributed by atoms with E-state index in [1.165, 1.54) is 12.3 Å². The largest absolute Gasteiger partial charge is 0.483 e. The van der Waals surface area contributed by atoms with Gasteiger partial charge in [0, 0.05) is 37.5 Å². The first kappa shape index (κ1) is 21.6. The molecule has 2 aliphatic heterocycles. The predicted molar refractivity (Wildman–Crippen MR) is 116 cm³/mol. The van der Waals surface area contributed by atoms with Crippen LogP contribution >= 0.6 is 0 Å². The molecule has 2 unspecified atom stereocenters. The Hall–Kier alpha value is -3.20. The van der Waals surface area contributed by atoms with Crippen LogP contribution < -0.4 is 10.9 Å². The number of pyridine rings is 1. The van der Waals surface area contributed by atoms with Crippen molar-refractivity contribution in [1.82, 2.24) is 4.57 Å². The molecule has 5 rings (SSSR count). The van der Waals surface area contributed by atoms with Gasteiger partial charge in [0.15, 0.2) is 6.10 Å². The lowest BCUT2D eigenvalue weighted by atomic mass is 9.76. The summed E-state index contributed by atoms with van der Waals surface area (Å²) in [5.74, 6) is 0.258. The molecule has 1 N–H and O–H groups in total. The summed E-state index contributed by atoms with van der Waals surface area (Å²) in [6.45, 7) is 0.970. The van der Waals surface area contributed by atoms with Crippen molar-refractivity contribution in [2.75, 3.05) is 25.6 Å². The van der Waals surface area contributed by atoms with E-state index in [0.29, 0.717) is 30.5 Å². The number of rotatable bonds is 6. The summed E-state index contributed by atoms with van der Waals surface area (Å²) in [4.78, 5) is 13.0. The third-order valence-electron chi connectivity index (χ3n) is 6.49. The number of hydrogen-bond acceptors (Lipinski definition) is 5. The normalized spacial score (nSPS) is 22.3. The maximum atomic E-state index is 13.0. The first-order valence-electron chi connectivity index (χ1n) is 10.7. The maximum Gasteiger partial charge on any atom is 0.425 e. The lowest BCUT2D eigenvalue weighted by Crippen LogP contribution is -2.33. The maximum absolute atomic E-state index is 13.0. The molecule has 33 heavy (non-hydrogen) atoms. The first-order valence-corrected chi connectivity index (χ1v) is 10.7. The highest BCUT2D eigenvalue weighted by atomic mass is 19.4. The zero-order valence-corrected chi connectivity index (χ0v) is 17.9. The van der Waals surface area contributed by atoms with Gasteiger partial charge < -0.3 is 23.8 Å². The molecule has 0 radical (unpaired) electrons. The number of nitrogens with zero attached hydrogens (tertiary/aromatic N) is 1. The summed E-state index contributed by atoms with van der Waals surface area (Å²) in [6.07, 6.45) is -2.78. The lowest BCUT2D eigenvalue weighted by Gasteiger charge is -2.31. The smallest absolute Gasteiger partial charge is 0.425 e. The minimum atomic E-state index is -4.39. The van der Waals surface area contributed by atoms with Gasteiger partial charge in [0.2, 0.25) is 0 Å². The van der Waals surface area contributed by atoms with Crippen LogP contribution in [0.25, 0.3) is 11.0 Å². The van der Waals surface area contributed by atoms with E-state index in [1.807, 2.05) is 30.3 Å². The topological polar surface area (TPSA) is 65.6 Å². The Morgan fingerprint density at radius 2 is 2.09 bits per heavy atom. The Kier molecular flexibility index (Phi) is 5.23. The SMILES string of the molecule is COCC1(c2ccccc2NCC2=CCC(C(F)(F)F)O2)CCn2c1cc1occc1c2=O. The summed E-state index contributed by atoms with van der Waals surface area (Å²) < 4.78 is 56.8. The van der Waals surface area contributed by atoms with E-state index in [9.17, 15) is 18.0 Å². The number of fused-ring (bicyclic) bond motifs is 2. The number of halogens is 3. The molecule has 0 fully saturated rings. The Morgan fingerprint density at radius 1 is 1.27 bits per heavy atom. The summed E-state index contributed by atoms with van der Waals surface area (Å²) in [5, 5.41) is 3.77. The van der Waals surface area contributed by atoms with Gasteiger partial charge in [0.05, 0.1) is 30.2 Å². The van der Waals surface area contributed by atoms with Crippen LogP contribution in [0.15, 0.2) is 63.7 Å². The van der Waals surface area contributed by atoms with Crippen LogP contribution in [0.4, 0.5) is 18.9 Å². The molecular weight excluding hydrogens is 437 g/mol. The Morgan fingerprint density at radius 3 is 2.85 bits per heavy atom. The minimum absolute atomic E-state index is 0.109. The van der Waals surface area contributed by atoms with Crippen molar-refractivity contribution in [1.29, 1.82) is 0 Å². The third-order valence-corrected chi connectivity index (χ3v) is 6.49. The zero-order chi connectivity index (χ0) is 23.2. The highest BCUT2D eigenvalue weighted by Crippen LogP contribution is 2.44. The molecule has 9 heteroatoms. The molecule has 1 aromatic carbocycles. The van der Waals surface area contributed by atoms with E-state index in [4.69, 9.17) is 13.9 Å². The summed E-state index contributed by atoms with van der Waals surface area (Å²) in [7, 11) is 1.61. The number of hydrogen-bond donors (Lipinski definition) is 1. The molecule has 2 atom stereocenters. The average molecular weight is 460 g/mol. The molecule has 3 aromatic rings. The van der Waals surface area contributed by atoms with Gasteiger partial charge in [-0.3, -0.25) is 4.79 Å². The predicted octanol–water partition coefficient (Wildman–Crippen LogP) is 4.58. The van der Waals surface area contributed by atoms with Crippen molar-refractivity contribution in [2.24, 2.45) is 0 Å². The van der Waals surface area contributed by atoms with Crippen molar-refractivity contribution in [2.45, 2.75) is 37.1 Å². The Balaban J connectivity index is 1.50. The van der Waals surface area contributed by atoms with E-state index >= 15 is 0 Å². The van der Waals surface area contributed by atoms with Gasteiger partial charge in [0.25, 0.3) is 5.56 Å². The van der Waals surface area contributed by atoms with E-state index in [-0.39, 0.29) is 24.3 Å². The average Bonchev–Trinajstić information content (AvgIpc) is 3.52. The fourth-order valence-corrected chi connectivity index (χ4v) is 4.93. The van der Waals surface area contributed by atoms with Gasteiger partial charge in [0.1, 0.15) is 11.3 Å². The molecule has 0 aliphatic carbocycles. The number of alkyl halides is 3. The molecule has 0 saturated heterocycles. The van der Waals surface area contributed by atoms with Crippen LogP contribution in [0.2, 0.25) is 0 Å². The quantitative estimate of drug-likeness (QED) is 0.584. The van der Waals surface area contributed by atoms with Crippen LogP contribution in [-0.4, -0.2) is 37.1 Å². The van der Waals surface area contributed by atoms with Gasteiger partial charge in [-0.25, -0.2) is 0 Å². The van der Waals surface area contributed by atoms with Crippen LogP contribution in [0.3, 0.4) is 0 Å². The number of ether oxygens (including phenoxy) is 2. The van der Waals surface area contributed by atoms with Crippen LogP contribution in [0.5, 0.6) is 0 Å². The monoisotopic (exact) mass is 460 g/mol. The van der Waals surface area contributed by atoms with Crippen LogP contribution in [-0.2, 0) is 21.4 Å². The Labute approximate surface area is 187 Å². The van der Waals surface area contributed by atoms with Crippen molar-refractivity contribution >= 4 is 16.7 Å². The number of methoxy groups -OCH3 is 1. The van der Waals surface area contributed by atoms with E-state index in [1.54, 1.807) is 17.7 Å². The molecule has 0 spiro atoms. The molecular formula is C24H23F3N2O4. The number of para-hydroxylation sites is 1. The molecule has 4 heterocycles. The minimum Gasteiger partial charge on any atom is -0.483 e. The van der Waals surface area contributed by atoms with Gasteiger partial charge in [-0.2, -0.15) is 13.2 Å². The second-order valence-electron chi connectivity index (χ2n) is 8.40. The van der Waals surface area contributed by atoms with Crippen molar-refractivity contribution < 1.29 is 27.1 Å². The molecule has 0 bridgehead atoms. The highest BCUT2D eigenvalue weighted by molar-refractivity contribution is 5.77. The van der Waals surface area contributed by atoms with Crippen LogP contribution in [0, 0.1) is 0 Å².